The summed E-state index contributed by atoms with van der Waals surface area (Å²) in [7, 11) is 2.93. The second kappa shape index (κ2) is 7.40. The van der Waals surface area contributed by atoms with Gasteiger partial charge in [-0.25, -0.2) is 9.48 Å². The molecule has 0 amide bonds. The van der Waals surface area contributed by atoms with Crippen LogP contribution in [0.3, 0.4) is 0 Å². The summed E-state index contributed by atoms with van der Waals surface area (Å²) < 4.78 is 11.7. The van der Waals surface area contributed by atoms with Crippen molar-refractivity contribution >= 4 is 29.2 Å². The van der Waals surface area contributed by atoms with Gasteiger partial charge in [-0.1, -0.05) is 23.2 Å². The maximum atomic E-state index is 12.1. The average Bonchev–Trinajstić information content (AvgIpc) is 2.98. The molecule has 0 aliphatic rings. The van der Waals surface area contributed by atoms with Gasteiger partial charge in [0.1, 0.15) is 5.75 Å². The maximum absolute atomic E-state index is 12.1. The summed E-state index contributed by atoms with van der Waals surface area (Å²) >= 11 is 12.4. The molecule has 2 aromatic carbocycles. The molecule has 1 heterocycles. The van der Waals surface area contributed by atoms with Crippen molar-refractivity contribution in [2.24, 2.45) is 0 Å². The van der Waals surface area contributed by atoms with Gasteiger partial charge in [0.2, 0.25) is 0 Å². The van der Waals surface area contributed by atoms with E-state index in [0.717, 1.165) is 17.0 Å². The van der Waals surface area contributed by atoms with Crippen molar-refractivity contribution in [3.8, 4) is 22.7 Å². The van der Waals surface area contributed by atoms with Crippen LogP contribution in [0, 0.1) is 6.92 Å². The van der Waals surface area contributed by atoms with Crippen LogP contribution in [0.15, 0.2) is 42.5 Å². The molecule has 5 nitrogen and oxygen atoms in total. The lowest BCUT2D eigenvalue weighted by molar-refractivity contribution is 0.0592. The molecule has 0 aliphatic heterocycles. The zero-order valence-corrected chi connectivity index (χ0v) is 15.9. The molecule has 0 saturated carbocycles. The van der Waals surface area contributed by atoms with Crippen LogP contribution >= 0.6 is 23.2 Å². The number of ether oxygens (including phenoxy) is 2. The number of rotatable bonds is 4. The molecular weight excluding hydrogens is 375 g/mol. The Bertz CT molecular complexity index is 966. The molecule has 0 saturated heterocycles. The van der Waals surface area contributed by atoms with Gasteiger partial charge in [0.15, 0.2) is 5.69 Å². The van der Waals surface area contributed by atoms with Crippen LogP contribution in [0.25, 0.3) is 16.9 Å². The highest BCUT2D eigenvalue weighted by atomic mass is 35.5. The molecule has 1 aromatic heterocycles. The summed E-state index contributed by atoms with van der Waals surface area (Å²) in [5.41, 5.74) is 3.12. The van der Waals surface area contributed by atoms with Gasteiger partial charge in [-0.05, 0) is 49.4 Å². The minimum Gasteiger partial charge on any atom is -0.497 e. The highest BCUT2D eigenvalue weighted by Gasteiger charge is 2.23. The molecule has 26 heavy (non-hydrogen) atoms. The molecule has 3 aromatic rings. The van der Waals surface area contributed by atoms with Crippen molar-refractivity contribution in [3.63, 3.8) is 0 Å². The Morgan fingerprint density at radius 2 is 1.77 bits per heavy atom. The van der Waals surface area contributed by atoms with Crippen LogP contribution in [0.4, 0.5) is 0 Å². The molecule has 0 spiro atoms. The number of benzene rings is 2. The van der Waals surface area contributed by atoms with Crippen molar-refractivity contribution in [1.29, 1.82) is 0 Å². The molecule has 3 rings (SSSR count). The summed E-state index contributed by atoms with van der Waals surface area (Å²) in [5, 5.41) is 5.38. The third kappa shape index (κ3) is 3.28. The SMILES string of the molecule is COC(=O)c1nn(-c2ccc(Cl)cc2Cl)c(-c2ccc(OC)cc2)c1C. The average molecular weight is 391 g/mol. The smallest absolute Gasteiger partial charge is 0.358 e. The number of methoxy groups -OCH3 is 2. The lowest BCUT2D eigenvalue weighted by Gasteiger charge is -2.11. The van der Waals surface area contributed by atoms with Gasteiger partial charge >= 0.3 is 5.97 Å². The molecule has 0 bridgehead atoms. The molecule has 0 unspecified atom stereocenters. The topological polar surface area (TPSA) is 53.3 Å². The Labute approximate surface area is 161 Å². The molecule has 0 atom stereocenters. The van der Waals surface area contributed by atoms with Crippen LogP contribution in [0.5, 0.6) is 5.75 Å². The Balaban J connectivity index is 2.26. The number of carbonyl (C=O) groups excluding carboxylic acids is 1. The lowest BCUT2D eigenvalue weighted by Crippen LogP contribution is -2.05. The summed E-state index contributed by atoms with van der Waals surface area (Å²) in [5.74, 6) is 0.219. The first-order chi connectivity index (χ1) is 12.5. The number of hydrogen-bond donors (Lipinski definition) is 0. The first-order valence-corrected chi connectivity index (χ1v) is 8.49. The van der Waals surface area contributed by atoms with Gasteiger partial charge in [0, 0.05) is 16.1 Å². The Morgan fingerprint density at radius 3 is 2.35 bits per heavy atom. The van der Waals surface area contributed by atoms with Crippen LogP contribution < -0.4 is 4.74 Å². The third-order valence-corrected chi connectivity index (χ3v) is 4.54. The van der Waals surface area contributed by atoms with Crippen molar-refractivity contribution in [1.82, 2.24) is 9.78 Å². The van der Waals surface area contributed by atoms with Crippen molar-refractivity contribution in [3.05, 3.63) is 63.8 Å². The van der Waals surface area contributed by atoms with E-state index in [4.69, 9.17) is 32.7 Å². The van der Waals surface area contributed by atoms with Crippen LogP contribution in [-0.4, -0.2) is 30.0 Å². The van der Waals surface area contributed by atoms with Crippen LogP contribution in [-0.2, 0) is 4.74 Å². The van der Waals surface area contributed by atoms with E-state index in [1.807, 2.05) is 31.2 Å². The minimum atomic E-state index is -0.513. The maximum Gasteiger partial charge on any atom is 0.358 e. The quantitative estimate of drug-likeness (QED) is 0.591. The minimum absolute atomic E-state index is 0.226. The number of halogens is 2. The third-order valence-electron chi connectivity index (χ3n) is 4.00. The lowest BCUT2D eigenvalue weighted by atomic mass is 10.1. The van der Waals surface area contributed by atoms with E-state index in [-0.39, 0.29) is 5.69 Å². The number of aromatic nitrogens is 2. The number of hydrogen-bond acceptors (Lipinski definition) is 4. The van der Waals surface area contributed by atoms with Crippen molar-refractivity contribution in [2.75, 3.05) is 14.2 Å². The largest absolute Gasteiger partial charge is 0.497 e. The van der Waals surface area contributed by atoms with E-state index in [1.54, 1.807) is 30.0 Å². The monoisotopic (exact) mass is 390 g/mol. The van der Waals surface area contributed by atoms with Gasteiger partial charge in [-0.3, -0.25) is 0 Å². The summed E-state index contributed by atoms with van der Waals surface area (Å²) in [6.07, 6.45) is 0. The fourth-order valence-corrected chi connectivity index (χ4v) is 3.19. The number of carbonyl (C=O) groups is 1. The van der Waals surface area contributed by atoms with Gasteiger partial charge < -0.3 is 9.47 Å². The van der Waals surface area contributed by atoms with Gasteiger partial charge in [0.05, 0.1) is 30.6 Å². The summed E-state index contributed by atoms with van der Waals surface area (Å²) in [6.45, 7) is 1.82. The summed E-state index contributed by atoms with van der Waals surface area (Å²) in [6, 6.07) is 12.6. The standard InChI is InChI=1S/C19H16Cl2N2O3/c1-11-17(19(24)26-3)22-23(16-9-6-13(20)10-15(16)21)18(11)12-4-7-14(25-2)8-5-12/h4-10H,1-3H3. The van der Waals surface area contributed by atoms with Crippen LogP contribution in [0.2, 0.25) is 10.0 Å². The molecule has 0 N–H and O–H groups in total. The van der Waals surface area contributed by atoms with Gasteiger partial charge in [0.25, 0.3) is 0 Å². The normalized spacial score (nSPS) is 10.7. The fraction of sp³-hybridized carbons (Fsp3) is 0.158. The Hall–Kier alpha value is -2.50. The van der Waals surface area contributed by atoms with E-state index < -0.39 is 5.97 Å². The predicted octanol–water partition coefficient (Wildman–Crippen LogP) is 4.95. The molecular formula is C19H16Cl2N2O3. The molecule has 0 radical (unpaired) electrons. The van der Waals surface area contributed by atoms with E-state index in [1.165, 1.54) is 7.11 Å². The van der Waals surface area contributed by atoms with Gasteiger partial charge in [-0.15, -0.1) is 0 Å². The summed E-state index contributed by atoms with van der Waals surface area (Å²) in [4.78, 5) is 12.1. The zero-order valence-electron chi connectivity index (χ0n) is 14.4. The molecule has 134 valence electrons. The molecule has 7 heteroatoms. The number of nitrogens with zero attached hydrogens (tertiary/aromatic N) is 2. The zero-order chi connectivity index (χ0) is 18.8. The molecule has 0 fully saturated rings. The second-order valence-electron chi connectivity index (χ2n) is 5.55. The van der Waals surface area contributed by atoms with E-state index in [0.29, 0.717) is 21.3 Å². The molecule has 0 aliphatic carbocycles. The number of esters is 1. The van der Waals surface area contributed by atoms with Gasteiger partial charge in [-0.2, -0.15) is 5.10 Å². The van der Waals surface area contributed by atoms with Crippen molar-refractivity contribution in [2.45, 2.75) is 6.92 Å². The van der Waals surface area contributed by atoms with E-state index >= 15 is 0 Å². The van der Waals surface area contributed by atoms with E-state index in [2.05, 4.69) is 5.10 Å². The fourth-order valence-electron chi connectivity index (χ4n) is 2.70. The second-order valence-corrected chi connectivity index (χ2v) is 6.39. The van der Waals surface area contributed by atoms with E-state index in [9.17, 15) is 4.79 Å². The Morgan fingerprint density at radius 1 is 1.08 bits per heavy atom. The van der Waals surface area contributed by atoms with Crippen LogP contribution in [0.1, 0.15) is 16.1 Å². The Kier molecular flexibility index (Phi) is 5.20. The highest BCUT2D eigenvalue weighted by molar-refractivity contribution is 6.35. The highest BCUT2D eigenvalue weighted by Crippen LogP contribution is 2.33. The first kappa shape index (κ1) is 18.3. The first-order valence-electron chi connectivity index (χ1n) is 7.74. The predicted molar refractivity (Wildman–Crippen MR) is 102 cm³/mol. The van der Waals surface area contributed by atoms with Crippen molar-refractivity contribution < 1.29 is 14.3 Å².